The summed E-state index contributed by atoms with van der Waals surface area (Å²) in [4.78, 5) is 22.9. The van der Waals surface area contributed by atoms with Crippen molar-refractivity contribution in [3.05, 3.63) is 78.2 Å². The first kappa shape index (κ1) is 18.4. The standard InChI is InChI=1S/C21H22N4O2/c1-3-25(17-7-5-4-6-8-17)21(26)19-13-20(24-15-23-19)22-14-16-9-11-18(27-2)12-10-16/h4-13,15H,3,14H2,1-2H3,(H,22,23,24). The molecule has 0 aliphatic heterocycles. The molecule has 0 saturated heterocycles. The molecule has 0 atom stereocenters. The molecule has 0 spiro atoms. The fourth-order valence-corrected chi connectivity index (χ4v) is 2.70. The molecular weight excluding hydrogens is 340 g/mol. The van der Waals surface area contributed by atoms with E-state index in [1.165, 1.54) is 6.33 Å². The normalized spacial score (nSPS) is 10.3. The van der Waals surface area contributed by atoms with Crippen LogP contribution >= 0.6 is 0 Å². The minimum Gasteiger partial charge on any atom is -0.497 e. The number of hydrogen-bond acceptors (Lipinski definition) is 5. The molecule has 1 aromatic heterocycles. The number of benzene rings is 2. The van der Waals surface area contributed by atoms with Crippen LogP contribution in [0.1, 0.15) is 23.0 Å². The molecule has 1 N–H and O–H groups in total. The summed E-state index contributed by atoms with van der Waals surface area (Å²) in [6.07, 6.45) is 1.41. The number of ether oxygens (including phenoxy) is 1. The van der Waals surface area contributed by atoms with Crippen molar-refractivity contribution < 1.29 is 9.53 Å². The zero-order chi connectivity index (χ0) is 19.1. The number of anilines is 2. The van der Waals surface area contributed by atoms with E-state index >= 15 is 0 Å². The van der Waals surface area contributed by atoms with Crippen LogP contribution < -0.4 is 15.0 Å². The molecule has 0 unspecified atom stereocenters. The van der Waals surface area contributed by atoms with Gasteiger partial charge in [0.1, 0.15) is 23.6 Å². The number of hydrogen-bond donors (Lipinski definition) is 1. The van der Waals surface area contributed by atoms with E-state index in [4.69, 9.17) is 4.74 Å². The Morgan fingerprint density at radius 3 is 2.48 bits per heavy atom. The van der Waals surface area contributed by atoms with Crippen molar-refractivity contribution in [3.8, 4) is 5.75 Å². The van der Waals surface area contributed by atoms with Crippen LogP contribution in [0, 0.1) is 0 Å². The van der Waals surface area contributed by atoms with E-state index in [1.807, 2.05) is 61.5 Å². The highest BCUT2D eigenvalue weighted by Gasteiger charge is 2.17. The quantitative estimate of drug-likeness (QED) is 0.693. The molecular formula is C21H22N4O2. The summed E-state index contributed by atoms with van der Waals surface area (Å²) < 4.78 is 5.16. The molecule has 0 fully saturated rings. The summed E-state index contributed by atoms with van der Waals surface area (Å²) in [5, 5.41) is 3.23. The van der Waals surface area contributed by atoms with Crippen LogP contribution in [0.3, 0.4) is 0 Å². The molecule has 3 aromatic rings. The molecule has 0 bridgehead atoms. The molecule has 3 rings (SSSR count). The highest BCUT2D eigenvalue weighted by Crippen LogP contribution is 2.17. The zero-order valence-corrected chi connectivity index (χ0v) is 15.4. The number of carbonyl (C=O) groups excluding carboxylic acids is 1. The SMILES string of the molecule is CCN(C(=O)c1cc(NCc2ccc(OC)cc2)ncn1)c1ccccc1. The summed E-state index contributed by atoms with van der Waals surface area (Å²) in [5.41, 5.74) is 2.28. The Morgan fingerprint density at radius 2 is 1.81 bits per heavy atom. The number of carbonyl (C=O) groups is 1. The van der Waals surface area contributed by atoms with Crippen LogP contribution in [-0.4, -0.2) is 29.5 Å². The van der Waals surface area contributed by atoms with Gasteiger partial charge in [0.2, 0.25) is 0 Å². The summed E-state index contributed by atoms with van der Waals surface area (Å²) >= 11 is 0. The van der Waals surface area contributed by atoms with Crippen molar-refractivity contribution in [2.45, 2.75) is 13.5 Å². The molecule has 0 aliphatic rings. The zero-order valence-electron chi connectivity index (χ0n) is 15.4. The third-order valence-electron chi connectivity index (χ3n) is 4.15. The van der Waals surface area contributed by atoms with E-state index in [-0.39, 0.29) is 5.91 Å². The van der Waals surface area contributed by atoms with E-state index in [9.17, 15) is 4.79 Å². The first-order valence-electron chi connectivity index (χ1n) is 8.77. The lowest BCUT2D eigenvalue weighted by Crippen LogP contribution is -2.31. The van der Waals surface area contributed by atoms with Gasteiger partial charge in [-0.15, -0.1) is 0 Å². The number of methoxy groups -OCH3 is 1. The van der Waals surface area contributed by atoms with E-state index < -0.39 is 0 Å². The third kappa shape index (κ3) is 4.61. The van der Waals surface area contributed by atoms with Crippen LogP contribution in [0.15, 0.2) is 67.0 Å². The maximum atomic E-state index is 12.9. The Balaban J connectivity index is 1.71. The lowest BCUT2D eigenvalue weighted by Gasteiger charge is -2.20. The molecule has 1 heterocycles. The van der Waals surface area contributed by atoms with Gasteiger partial charge in [-0.2, -0.15) is 0 Å². The van der Waals surface area contributed by atoms with Gasteiger partial charge < -0.3 is 15.0 Å². The second-order valence-electron chi connectivity index (χ2n) is 5.88. The van der Waals surface area contributed by atoms with Gasteiger partial charge >= 0.3 is 0 Å². The fourth-order valence-electron chi connectivity index (χ4n) is 2.70. The van der Waals surface area contributed by atoms with Crippen molar-refractivity contribution in [1.82, 2.24) is 9.97 Å². The van der Waals surface area contributed by atoms with Gasteiger partial charge in [-0.1, -0.05) is 30.3 Å². The molecule has 0 radical (unpaired) electrons. The predicted octanol–water partition coefficient (Wildman–Crippen LogP) is 3.76. The average molecular weight is 362 g/mol. The van der Waals surface area contributed by atoms with Gasteiger partial charge in [0.05, 0.1) is 7.11 Å². The number of rotatable bonds is 7. The van der Waals surface area contributed by atoms with E-state index in [0.717, 1.165) is 17.0 Å². The topological polar surface area (TPSA) is 67.4 Å². The molecule has 6 heteroatoms. The molecule has 2 aromatic carbocycles. The number of aromatic nitrogens is 2. The molecule has 1 amide bonds. The van der Waals surface area contributed by atoms with Gasteiger partial charge in [-0.05, 0) is 36.8 Å². The molecule has 27 heavy (non-hydrogen) atoms. The molecule has 138 valence electrons. The van der Waals surface area contributed by atoms with Crippen LogP contribution in [0.5, 0.6) is 5.75 Å². The highest BCUT2D eigenvalue weighted by molar-refractivity contribution is 6.05. The number of nitrogens with zero attached hydrogens (tertiary/aromatic N) is 3. The second-order valence-corrected chi connectivity index (χ2v) is 5.88. The van der Waals surface area contributed by atoms with Crippen molar-refractivity contribution in [2.24, 2.45) is 0 Å². The monoisotopic (exact) mass is 362 g/mol. The van der Waals surface area contributed by atoms with Crippen molar-refractivity contribution in [2.75, 3.05) is 23.9 Å². The number of para-hydroxylation sites is 1. The Kier molecular flexibility index (Phi) is 5.99. The Hall–Kier alpha value is -3.41. The van der Waals surface area contributed by atoms with E-state index in [1.54, 1.807) is 18.1 Å². The van der Waals surface area contributed by atoms with Crippen LogP contribution in [0.4, 0.5) is 11.5 Å². The fraction of sp³-hybridized carbons (Fsp3) is 0.190. The predicted molar refractivity (Wildman–Crippen MR) is 106 cm³/mol. The van der Waals surface area contributed by atoms with E-state index in [2.05, 4.69) is 15.3 Å². The van der Waals surface area contributed by atoms with Crippen molar-refractivity contribution >= 4 is 17.4 Å². The number of nitrogens with one attached hydrogen (secondary N) is 1. The summed E-state index contributed by atoms with van der Waals surface area (Å²) in [5.74, 6) is 1.26. The van der Waals surface area contributed by atoms with Crippen LogP contribution in [0.25, 0.3) is 0 Å². The average Bonchev–Trinajstić information content (AvgIpc) is 2.74. The van der Waals surface area contributed by atoms with Gasteiger partial charge in [-0.25, -0.2) is 9.97 Å². The van der Waals surface area contributed by atoms with E-state index in [0.29, 0.717) is 24.6 Å². The maximum absolute atomic E-state index is 12.9. The highest BCUT2D eigenvalue weighted by atomic mass is 16.5. The largest absolute Gasteiger partial charge is 0.497 e. The summed E-state index contributed by atoms with van der Waals surface area (Å²) in [6, 6.07) is 19.0. The first-order chi connectivity index (χ1) is 13.2. The lowest BCUT2D eigenvalue weighted by molar-refractivity contribution is 0.0983. The summed E-state index contributed by atoms with van der Waals surface area (Å²) in [7, 11) is 1.64. The van der Waals surface area contributed by atoms with Crippen molar-refractivity contribution in [3.63, 3.8) is 0 Å². The second kappa shape index (κ2) is 8.80. The molecule has 0 saturated carbocycles. The maximum Gasteiger partial charge on any atom is 0.277 e. The van der Waals surface area contributed by atoms with Crippen LogP contribution in [0.2, 0.25) is 0 Å². The minimum atomic E-state index is -0.154. The van der Waals surface area contributed by atoms with Gasteiger partial charge in [0, 0.05) is 24.8 Å². The molecule has 0 aliphatic carbocycles. The van der Waals surface area contributed by atoms with Gasteiger partial charge in [0.15, 0.2) is 0 Å². The molecule has 6 nitrogen and oxygen atoms in total. The number of amides is 1. The summed E-state index contributed by atoms with van der Waals surface area (Å²) in [6.45, 7) is 3.08. The Labute approximate surface area is 158 Å². The third-order valence-corrected chi connectivity index (χ3v) is 4.15. The Morgan fingerprint density at radius 1 is 1.07 bits per heavy atom. The van der Waals surface area contributed by atoms with Gasteiger partial charge in [-0.3, -0.25) is 4.79 Å². The smallest absolute Gasteiger partial charge is 0.277 e. The first-order valence-corrected chi connectivity index (χ1v) is 8.77. The van der Waals surface area contributed by atoms with Gasteiger partial charge in [0.25, 0.3) is 5.91 Å². The lowest BCUT2D eigenvalue weighted by atomic mass is 10.2. The Bertz CT molecular complexity index is 882. The minimum absolute atomic E-state index is 0.154. The van der Waals surface area contributed by atoms with Crippen molar-refractivity contribution in [1.29, 1.82) is 0 Å². The van der Waals surface area contributed by atoms with Crippen LogP contribution in [-0.2, 0) is 6.54 Å².